The van der Waals surface area contributed by atoms with E-state index in [0.29, 0.717) is 56.9 Å². The van der Waals surface area contributed by atoms with Gasteiger partial charge in [-0.3, -0.25) is 24.0 Å². The fraction of sp³-hybridized carbons (Fsp3) is 0.765. The topological polar surface area (TPSA) is 212 Å². The van der Waals surface area contributed by atoms with Gasteiger partial charge in [-0.2, -0.15) is 0 Å². The zero-order valence-electron chi connectivity index (χ0n) is 41.1. The standard InChI is InChI=1S/C51H79NO14/c1-29-15-11-12-17-39(53)30(2)23-33(5)45(56)47(64-10)46(57)34(6)24-31(3)41(55)28-43(32(4)25-36-19-21-40(54)44(26-36)63-9)65-50(60)38-16-13-14-22-52(38)49(59)48(58)51(61)35(7)18-20-37(66-51)27-42(29)62-8/h11-12,15,24,30-33,35-38,40,42-44,46-47,54,57,61H,13-14,16-23,25-28H2,1-10H3/b12-11-,29-15+,34-24-/t30-,31+,32+,33+,35+,36+,37-,38-,40+,42-,43-,44+,46+,47-,51+/m0/s1. The molecule has 0 aromatic rings. The highest BCUT2D eigenvalue weighted by atomic mass is 16.6. The molecule has 66 heavy (non-hydrogen) atoms. The predicted molar refractivity (Wildman–Crippen MR) is 246 cm³/mol. The number of piperidine rings is 1. The molecule has 3 heterocycles. The predicted octanol–water partition coefficient (Wildman–Crippen LogP) is 5.58. The summed E-state index contributed by atoms with van der Waals surface area (Å²) in [7, 11) is 4.42. The Kier molecular flexibility index (Phi) is 21.1. The summed E-state index contributed by atoms with van der Waals surface area (Å²) >= 11 is 0. The average molecular weight is 930 g/mol. The van der Waals surface area contributed by atoms with Crippen LogP contribution in [0.1, 0.15) is 132 Å². The van der Waals surface area contributed by atoms with Crippen molar-refractivity contribution in [1.82, 2.24) is 4.90 Å². The maximum absolute atomic E-state index is 14.4. The van der Waals surface area contributed by atoms with Crippen molar-refractivity contribution < 1.29 is 67.8 Å². The van der Waals surface area contributed by atoms with Crippen molar-refractivity contribution in [2.45, 2.75) is 186 Å². The maximum atomic E-state index is 14.4. The first-order chi connectivity index (χ1) is 31.2. The summed E-state index contributed by atoms with van der Waals surface area (Å²) in [6.07, 6.45) is 6.14. The fourth-order valence-electron chi connectivity index (χ4n) is 10.2. The lowest BCUT2D eigenvalue weighted by molar-refractivity contribution is -0.265. The Morgan fingerprint density at radius 2 is 1.55 bits per heavy atom. The minimum atomic E-state index is -2.46. The highest BCUT2D eigenvalue weighted by molar-refractivity contribution is 6.39. The van der Waals surface area contributed by atoms with Gasteiger partial charge < -0.3 is 43.9 Å². The number of ketones is 4. The Hall–Kier alpha value is -3.44. The number of hydrogen-bond donors (Lipinski definition) is 3. The Balaban J connectivity index is 1.70. The van der Waals surface area contributed by atoms with Crippen LogP contribution < -0.4 is 0 Å². The van der Waals surface area contributed by atoms with Gasteiger partial charge in [-0.1, -0.05) is 58.9 Å². The van der Waals surface area contributed by atoms with Crippen LogP contribution in [-0.2, 0) is 52.5 Å². The molecule has 0 aromatic heterocycles. The molecule has 0 radical (unpaired) electrons. The van der Waals surface area contributed by atoms with Crippen molar-refractivity contribution in [3.05, 3.63) is 35.5 Å². The van der Waals surface area contributed by atoms with E-state index >= 15 is 0 Å². The molecule has 2 bridgehead atoms. The molecule has 1 aliphatic carbocycles. The quantitative estimate of drug-likeness (QED) is 0.169. The molecule has 15 nitrogen and oxygen atoms in total. The number of hydrogen-bond acceptors (Lipinski definition) is 14. The number of allylic oxidation sites excluding steroid dienone is 4. The van der Waals surface area contributed by atoms with E-state index in [4.69, 9.17) is 23.7 Å². The van der Waals surface area contributed by atoms with Gasteiger partial charge in [0.1, 0.15) is 35.9 Å². The van der Waals surface area contributed by atoms with Gasteiger partial charge in [0.15, 0.2) is 5.78 Å². The number of esters is 1. The Labute approximate surface area is 392 Å². The molecular weight excluding hydrogens is 851 g/mol. The zero-order chi connectivity index (χ0) is 49.0. The third kappa shape index (κ3) is 14.1. The smallest absolute Gasteiger partial charge is 0.329 e. The van der Waals surface area contributed by atoms with Crippen LogP contribution in [0.5, 0.6) is 0 Å². The zero-order valence-corrected chi connectivity index (χ0v) is 41.1. The fourth-order valence-corrected chi connectivity index (χ4v) is 10.2. The summed E-state index contributed by atoms with van der Waals surface area (Å²) in [6, 6.07) is -1.16. The Bertz CT molecular complexity index is 1790. The van der Waals surface area contributed by atoms with E-state index in [2.05, 4.69) is 0 Å². The largest absolute Gasteiger partial charge is 0.460 e. The molecule has 15 heteroatoms. The second-order valence-corrected chi connectivity index (χ2v) is 19.8. The van der Waals surface area contributed by atoms with Crippen molar-refractivity contribution >= 4 is 35.0 Å². The van der Waals surface area contributed by atoms with E-state index in [1.54, 1.807) is 60.0 Å². The summed E-state index contributed by atoms with van der Waals surface area (Å²) < 4.78 is 29.3. The van der Waals surface area contributed by atoms with Crippen LogP contribution in [0.25, 0.3) is 0 Å². The molecule has 4 aliphatic rings. The molecule has 0 aromatic carbocycles. The van der Waals surface area contributed by atoms with Crippen LogP contribution >= 0.6 is 0 Å². The number of carbonyl (C=O) groups excluding carboxylic acids is 6. The molecule has 1 amide bonds. The van der Waals surface area contributed by atoms with E-state index in [1.807, 2.05) is 19.9 Å². The van der Waals surface area contributed by atoms with Gasteiger partial charge >= 0.3 is 5.97 Å². The lowest BCUT2D eigenvalue weighted by Gasteiger charge is -2.42. The van der Waals surface area contributed by atoms with Crippen molar-refractivity contribution in [2.75, 3.05) is 27.9 Å². The third-order valence-corrected chi connectivity index (χ3v) is 14.8. The highest BCUT2D eigenvalue weighted by Crippen LogP contribution is 2.38. The van der Waals surface area contributed by atoms with Gasteiger partial charge in [-0.05, 0) is 101 Å². The second-order valence-electron chi connectivity index (χ2n) is 19.8. The van der Waals surface area contributed by atoms with Gasteiger partial charge in [0.2, 0.25) is 5.79 Å². The van der Waals surface area contributed by atoms with E-state index in [-0.39, 0.29) is 73.9 Å². The molecule has 0 spiro atoms. The van der Waals surface area contributed by atoms with Crippen LogP contribution in [0.15, 0.2) is 35.5 Å². The van der Waals surface area contributed by atoms with Crippen molar-refractivity contribution in [3.8, 4) is 0 Å². The minimum absolute atomic E-state index is 0.0706. The van der Waals surface area contributed by atoms with Crippen molar-refractivity contribution in [2.24, 2.45) is 35.5 Å². The molecule has 15 atom stereocenters. The third-order valence-electron chi connectivity index (χ3n) is 14.8. The van der Waals surface area contributed by atoms with E-state index in [9.17, 15) is 44.1 Å². The molecule has 3 aliphatic heterocycles. The number of ether oxygens (including phenoxy) is 5. The molecule has 2 saturated heterocycles. The molecule has 4 rings (SSSR count). The van der Waals surface area contributed by atoms with Gasteiger partial charge in [-0.25, -0.2) is 4.79 Å². The number of rotatable bonds is 6. The Morgan fingerprint density at radius 3 is 2.21 bits per heavy atom. The summed E-state index contributed by atoms with van der Waals surface area (Å²) in [5.74, 6) is -9.06. The number of amides is 1. The monoisotopic (exact) mass is 930 g/mol. The number of fused-ring (bicyclic) bond motifs is 3. The number of nitrogens with zero attached hydrogens (tertiary/aromatic N) is 1. The summed E-state index contributed by atoms with van der Waals surface area (Å²) in [6.45, 7) is 12.2. The lowest BCUT2D eigenvalue weighted by Crippen LogP contribution is -2.61. The van der Waals surface area contributed by atoms with Crippen LogP contribution in [0.4, 0.5) is 0 Å². The van der Waals surface area contributed by atoms with Gasteiger partial charge in [0, 0.05) is 70.8 Å². The number of aliphatic hydroxyl groups is 3. The number of methoxy groups -OCH3 is 3. The average Bonchev–Trinajstić information content (AvgIpc) is 3.29. The van der Waals surface area contributed by atoms with Crippen molar-refractivity contribution in [1.29, 1.82) is 0 Å². The molecule has 3 fully saturated rings. The van der Waals surface area contributed by atoms with Gasteiger partial charge in [0.05, 0.1) is 24.4 Å². The summed E-state index contributed by atoms with van der Waals surface area (Å²) in [5, 5.41) is 33.8. The van der Waals surface area contributed by atoms with Gasteiger partial charge in [0.25, 0.3) is 11.7 Å². The van der Waals surface area contributed by atoms with Crippen LogP contribution in [0.3, 0.4) is 0 Å². The van der Waals surface area contributed by atoms with Crippen LogP contribution in [-0.4, -0.2) is 138 Å². The molecule has 1 saturated carbocycles. The normalized spacial score (nSPS) is 39.8. The van der Waals surface area contributed by atoms with Gasteiger partial charge in [-0.15, -0.1) is 0 Å². The SMILES string of the molecule is CO[C@H]1C[C@@H]2CC[C@@H](C)[C@@](O)(O2)C(=O)C(=O)N2CCCC[C@H]2C(=O)O[C@H]([C@H](C)C[C@H]2CC[C@@H](O)[C@H](OC)C2)CC(=O)[C@H](C)/C=C(/C)[C@@H](O)[C@@H](OC)C(=O)[C@H](C)C[C@H](C)C(=O)C/C=C\C=C\1C. The lowest BCUT2D eigenvalue weighted by atomic mass is 9.78. The number of carbonyl (C=O) groups is 6. The first kappa shape index (κ1) is 55.2. The molecule has 372 valence electrons. The maximum Gasteiger partial charge on any atom is 0.329 e. The Morgan fingerprint density at radius 1 is 0.833 bits per heavy atom. The second kappa shape index (κ2) is 25.2. The van der Waals surface area contributed by atoms with E-state index < -0.39 is 89.8 Å². The first-order valence-electron chi connectivity index (χ1n) is 24.2. The van der Waals surface area contributed by atoms with E-state index in [0.717, 1.165) is 5.57 Å². The van der Waals surface area contributed by atoms with Crippen LogP contribution in [0.2, 0.25) is 0 Å². The molecular formula is C51H79NO14. The number of cyclic esters (lactones) is 1. The summed E-state index contributed by atoms with van der Waals surface area (Å²) in [4.78, 5) is 85.0. The minimum Gasteiger partial charge on any atom is -0.460 e. The van der Waals surface area contributed by atoms with E-state index in [1.165, 1.54) is 19.1 Å². The first-order valence-corrected chi connectivity index (χ1v) is 24.2. The highest BCUT2D eigenvalue weighted by Gasteiger charge is 2.53. The van der Waals surface area contributed by atoms with Crippen molar-refractivity contribution in [3.63, 3.8) is 0 Å². The molecule has 0 unspecified atom stereocenters. The summed E-state index contributed by atoms with van der Waals surface area (Å²) in [5.41, 5.74) is 1.13. The molecule has 3 N–H and O–H groups in total. The number of Topliss-reactive ketones (excluding diaryl/α,β-unsaturated/α-hetero) is 4. The number of aliphatic hydroxyl groups excluding tert-OH is 2. The van der Waals surface area contributed by atoms with Crippen LogP contribution in [0, 0.1) is 35.5 Å².